The zero-order valence-corrected chi connectivity index (χ0v) is 14.8. The van der Waals surface area contributed by atoms with Gasteiger partial charge in [0, 0.05) is 26.2 Å². The topological polar surface area (TPSA) is 98.0 Å². The molecule has 1 aromatic heterocycles. The summed E-state index contributed by atoms with van der Waals surface area (Å²) in [6.07, 6.45) is 1.96. The number of nitrogens with one attached hydrogen (secondary N) is 2. The number of carboxylic acids is 1. The molecule has 8 nitrogen and oxygen atoms in total. The summed E-state index contributed by atoms with van der Waals surface area (Å²) in [5.41, 5.74) is 0.560. The number of carboxylic acid groups (broad SMARTS) is 1. The fraction of sp³-hybridized carbons (Fsp3) is 0.333. The molecular formula is C18H21FN4O4. The number of aromatic carboxylic acids is 1. The molecule has 0 bridgehead atoms. The van der Waals surface area contributed by atoms with Crippen LogP contribution in [-0.2, 0) is 0 Å². The highest BCUT2D eigenvalue weighted by atomic mass is 19.1. The Labute approximate surface area is 155 Å². The Kier molecular flexibility index (Phi) is 5.60. The van der Waals surface area contributed by atoms with Crippen molar-refractivity contribution in [3.8, 4) is 0 Å². The zero-order valence-electron chi connectivity index (χ0n) is 14.8. The summed E-state index contributed by atoms with van der Waals surface area (Å²) in [4.78, 5) is 27.2. The van der Waals surface area contributed by atoms with Gasteiger partial charge in [0.25, 0.3) is 0 Å². The van der Waals surface area contributed by atoms with Crippen molar-refractivity contribution < 1.29 is 23.5 Å². The molecule has 2 heterocycles. The quantitative estimate of drug-likeness (QED) is 0.741. The predicted molar refractivity (Wildman–Crippen MR) is 97.5 cm³/mol. The highest BCUT2D eigenvalue weighted by molar-refractivity contribution is 5.99. The molecule has 0 saturated carbocycles. The molecule has 3 N–H and O–H groups in total. The number of anilines is 2. The van der Waals surface area contributed by atoms with Crippen LogP contribution >= 0.6 is 0 Å². The van der Waals surface area contributed by atoms with Crippen LogP contribution in [0.2, 0.25) is 0 Å². The average molecular weight is 376 g/mol. The fourth-order valence-corrected chi connectivity index (χ4v) is 3.06. The van der Waals surface area contributed by atoms with Gasteiger partial charge in [-0.25, -0.2) is 14.0 Å². The molecule has 1 saturated heterocycles. The summed E-state index contributed by atoms with van der Waals surface area (Å²) < 4.78 is 18.7. The molecule has 3 rings (SSSR count). The van der Waals surface area contributed by atoms with E-state index in [9.17, 15) is 14.0 Å². The summed E-state index contributed by atoms with van der Waals surface area (Å²) in [5.74, 6) is -1.43. The van der Waals surface area contributed by atoms with Crippen LogP contribution < -0.4 is 15.5 Å². The van der Waals surface area contributed by atoms with Gasteiger partial charge >= 0.3 is 12.0 Å². The Hall–Kier alpha value is -3.07. The number of para-hydroxylation sites is 1. The van der Waals surface area contributed by atoms with E-state index in [-0.39, 0.29) is 23.2 Å². The van der Waals surface area contributed by atoms with Crippen LogP contribution in [0.25, 0.3) is 0 Å². The maximum atomic E-state index is 13.9. The normalized spacial score (nSPS) is 16.0. The zero-order chi connectivity index (χ0) is 19.4. The van der Waals surface area contributed by atoms with Crippen LogP contribution in [0.4, 0.5) is 20.6 Å². The monoisotopic (exact) mass is 376 g/mol. The molecule has 1 atom stereocenters. The Morgan fingerprint density at radius 1 is 1.19 bits per heavy atom. The fourth-order valence-electron chi connectivity index (χ4n) is 3.06. The van der Waals surface area contributed by atoms with E-state index in [1.807, 2.05) is 11.8 Å². The summed E-state index contributed by atoms with van der Waals surface area (Å²) in [6.45, 7) is 4.43. The molecule has 0 spiro atoms. The summed E-state index contributed by atoms with van der Waals surface area (Å²) >= 11 is 0. The number of hydrogen-bond donors (Lipinski definition) is 3. The third-order valence-electron chi connectivity index (χ3n) is 4.54. The lowest BCUT2D eigenvalue weighted by Gasteiger charge is -2.39. The Bertz CT molecular complexity index is 817. The number of piperazine rings is 1. The number of benzene rings is 1. The standard InChI is InChI=1S/C18H21FN4O4/c1-12(20-18(26)21-15-11-27-10-13(15)17(24)25)22-6-8-23(9-7-22)16-5-3-2-4-14(16)19/h2-5,10-12H,6-9H2,1H3,(H,24,25)(H2,20,21,26). The molecule has 1 aliphatic heterocycles. The molecular weight excluding hydrogens is 355 g/mol. The van der Waals surface area contributed by atoms with Gasteiger partial charge in [-0.3, -0.25) is 4.90 Å². The number of carbonyl (C=O) groups is 2. The predicted octanol–water partition coefficient (Wildman–Crippen LogP) is 2.41. The van der Waals surface area contributed by atoms with E-state index < -0.39 is 12.0 Å². The van der Waals surface area contributed by atoms with Gasteiger partial charge in [0.05, 0.1) is 17.5 Å². The number of amides is 2. The number of nitrogens with zero attached hydrogens (tertiary/aromatic N) is 2. The number of furan rings is 1. The van der Waals surface area contributed by atoms with Gasteiger partial charge in [-0.2, -0.15) is 0 Å². The summed E-state index contributed by atoms with van der Waals surface area (Å²) in [5, 5.41) is 14.3. The van der Waals surface area contributed by atoms with Gasteiger partial charge in [-0.1, -0.05) is 12.1 Å². The molecule has 1 aliphatic rings. The maximum absolute atomic E-state index is 13.9. The lowest BCUT2D eigenvalue weighted by atomic mass is 10.2. The second kappa shape index (κ2) is 8.09. The molecule has 144 valence electrons. The van der Waals surface area contributed by atoms with Crippen molar-refractivity contribution in [1.29, 1.82) is 0 Å². The van der Waals surface area contributed by atoms with E-state index in [1.165, 1.54) is 12.3 Å². The highest BCUT2D eigenvalue weighted by Gasteiger charge is 2.24. The number of hydrogen-bond acceptors (Lipinski definition) is 5. The molecule has 9 heteroatoms. The SMILES string of the molecule is CC(NC(=O)Nc1cocc1C(=O)O)N1CCN(c2ccccc2F)CC1. The van der Waals surface area contributed by atoms with Gasteiger partial charge in [0.2, 0.25) is 0 Å². The van der Waals surface area contributed by atoms with Crippen LogP contribution in [0, 0.1) is 5.82 Å². The first kappa shape index (κ1) is 18.7. The molecule has 1 unspecified atom stereocenters. The van der Waals surface area contributed by atoms with Crippen molar-refractivity contribution in [2.45, 2.75) is 13.1 Å². The van der Waals surface area contributed by atoms with Crippen LogP contribution in [0.15, 0.2) is 41.2 Å². The van der Waals surface area contributed by atoms with E-state index in [2.05, 4.69) is 15.5 Å². The van der Waals surface area contributed by atoms with E-state index in [0.29, 0.717) is 31.9 Å². The van der Waals surface area contributed by atoms with E-state index in [4.69, 9.17) is 9.52 Å². The first-order valence-electron chi connectivity index (χ1n) is 8.56. The first-order valence-corrected chi connectivity index (χ1v) is 8.56. The molecule has 0 aliphatic carbocycles. The molecule has 2 amide bonds. The minimum atomic E-state index is -1.18. The summed E-state index contributed by atoms with van der Waals surface area (Å²) in [6, 6.07) is 6.14. The van der Waals surface area contributed by atoms with Crippen LogP contribution in [0.3, 0.4) is 0 Å². The second-order valence-electron chi connectivity index (χ2n) is 6.25. The Balaban J connectivity index is 1.51. The number of halogens is 1. The third-order valence-corrected chi connectivity index (χ3v) is 4.54. The Morgan fingerprint density at radius 2 is 1.89 bits per heavy atom. The molecule has 27 heavy (non-hydrogen) atoms. The minimum absolute atomic E-state index is 0.0940. The molecule has 0 radical (unpaired) electrons. The molecule has 1 aromatic carbocycles. The van der Waals surface area contributed by atoms with Crippen molar-refractivity contribution in [3.63, 3.8) is 0 Å². The lowest BCUT2D eigenvalue weighted by molar-refractivity contribution is 0.0697. The van der Waals surface area contributed by atoms with Gasteiger partial charge in [-0.15, -0.1) is 0 Å². The number of urea groups is 1. The van der Waals surface area contributed by atoms with Crippen molar-refractivity contribution >= 4 is 23.4 Å². The molecule has 1 fully saturated rings. The third kappa shape index (κ3) is 4.37. The second-order valence-corrected chi connectivity index (χ2v) is 6.25. The first-order chi connectivity index (χ1) is 13.0. The van der Waals surface area contributed by atoms with E-state index >= 15 is 0 Å². The average Bonchev–Trinajstić information content (AvgIpc) is 3.10. The highest BCUT2D eigenvalue weighted by Crippen LogP contribution is 2.20. The minimum Gasteiger partial charge on any atom is -0.477 e. The van der Waals surface area contributed by atoms with Gasteiger partial charge in [-0.05, 0) is 19.1 Å². The molecule has 2 aromatic rings. The van der Waals surface area contributed by atoms with Crippen molar-refractivity contribution in [2.24, 2.45) is 0 Å². The van der Waals surface area contributed by atoms with Crippen molar-refractivity contribution in [3.05, 3.63) is 48.2 Å². The number of carbonyl (C=O) groups excluding carboxylic acids is 1. The van der Waals surface area contributed by atoms with Gasteiger partial charge in [0.1, 0.15) is 23.9 Å². The smallest absolute Gasteiger partial charge is 0.341 e. The van der Waals surface area contributed by atoms with Crippen LogP contribution in [-0.4, -0.2) is 54.4 Å². The van der Waals surface area contributed by atoms with Crippen molar-refractivity contribution in [2.75, 3.05) is 36.4 Å². The van der Waals surface area contributed by atoms with Crippen molar-refractivity contribution in [1.82, 2.24) is 10.2 Å². The number of rotatable bonds is 5. The lowest BCUT2D eigenvalue weighted by Crippen LogP contribution is -2.55. The van der Waals surface area contributed by atoms with Crippen LogP contribution in [0.1, 0.15) is 17.3 Å². The largest absolute Gasteiger partial charge is 0.477 e. The summed E-state index contributed by atoms with van der Waals surface area (Å²) in [7, 11) is 0. The van der Waals surface area contributed by atoms with E-state index in [1.54, 1.807) is 18.2 Å². The van der Waals surface area contributed by atoms with Crippen LogP contribution in [0.5, 0.6) is 0 Å². The maximum Gasteiger partial charge on any atom is 0.341 e. The Morgan fingerprint density at radius 3 is 2.56 bits per heavy atom. The van der Waals surface area contributed by atoms with Gasteiger partial charge < -0.3 is 25.1 Å². The van der Waals surface area contributed by atoms with Gasteiger partial charge in [0.15, 0.2) is 0 Å². The van der Waals surface area contributed by atoms with E-state index in [0.717, 1.165) is 6.26 Å².